The summed E-state index contributed by atoms with van der Waals surface area (Å²) in [5.41, 5.74) is 0.794. The molecular weight excluding hydrogens is 382 g/mol. The Labute approximate surface area is 162 Å². The first kappa shape index (κ1) is 17.9. The number of nitro benzene ring substituents is 1. The van der Waals surface area contributed by atoms with Crippen LogP contribution < -0.4 is 5.56 Å². The van der Waals surface area contributed by atoms with Crippen LogP contribution in [0.1, 0.15) is 18.0 Å². The van der Waals surface area contributed by atoms with E-state index in [1.54, 1.807) is 30.3 Å². The summed E-state index contributed by atoms with van der Waals surface area (Å²) in [5.74, 6) is 0.669. The van der Waals surface area contributed by atoms with Gasteiger partial charge in [0.1, 0.15) is 5.82 Å². The van der Waals surface area contributed by atoms with Crippen LogP contribution in [0.5, 0.6) is 0 Å². The third-order valence-corrected chi connectivity index (χ3v) is 4.95. The van der Waals surface area contributed by atoms with E-state index in [-0.39, 0.29) is 27.6 Å². The molecule has 9 nitrogen and oxygen atoms in total. The van der Waals surface area contributed by atoms with Crippen LogP contribution in [0.15, 0.2) is 63.0 Å². The van der Waals surface area contributed by atoms with Crippen molar-refractivity contribution in [1.29, 1.82) is 0 Å². The van der Waals surface area contributed by atoms with Gasteiger partial charge in [0.05, 0.1) is 21.1 Å². The van der Waals surface area contributed by atoms with E-state index >= 15 is 0 Å². The van der Waals surface area contributed by atoms with Crippen molar-refractivity contribution in [3.05, 3.63) is 74.8 Å². The number of nitrogens with one attached hydrogen (secondary N) is 1. The molecular formula is C18H13N5O4S. The minimum atomic E-state index is -0.487. The molecule has 0 aliphatic rings. The number of thioether (sulfide) groups is 1. The molecule has 0 saturated heterocycles. The Kier molecular flexibility index (Phi) is 4.62. The van der Waals surface area contributed by atoms with Crippen LogP contribution in [0.25, 0.3) is 22.4 Å². The van der Waals surface area contributed by atoms with Crippen molar-refractivity contribution in [2.45, 2.75) is 17.4 Å². The molecule has 4 aromatic rings. The predicted molar refractivity (Wildman–Crippen MR) is 103 cm³/mol. The summed E-state index contributed by atoms with van der Waals surface area (Å²) in [4.78, 5) is 29.9. The lowest BCUT2D eigenvalue weighted by atomic mass is 10.2. The first-order valence-corrected chi connectivity index (χ1v) is 9.13. The SMILES string of the molecule is C[C@@H](Sc1nnc(-c2cccc([N+](=O)[O-])c2)o1)c1nc2ccccc2c(=O)[nH]1. The summed E-state index contributed by atoms with van der Waals surface area (Å²) in [6.07, 6.45) is 0. The molecule has 0 saturated carbocycles. The van der Waals surface area contributed by atoms with Gasteiger partial charge in [0.2, 0.25) is 5.89 Å². The van der Waals surface area contributed by atoms with Crippen LogP contribution in [0.4, 0.5) is 5.69 Å². The van der Waals surface area contributed by atoms with Gasteiger partial charge in [-0.1, -0.05) is 30.0 Å². The number of rotatable bonds is 5. The third-order valence-electron chi connectivity index (χ3n) is 4.00. The Morgan fingerprint density at radius 2 is 2.00 bits per heavy atom. The van der Waals surface area contributed by atoms with Gasteiger partial charge in [0, 0.05) is 17.7 Å². The maximum absolute atomic E-state index is 12.2. The number of hydrogen-bond acceptors (Lipinski definition) is 8. The highest BCUT2D eigenvalue weighted by Gasteiger charge is 2.18. The number of para-hydroxylation sites is 1. The smallest absolute Gasteiger partial charge is 0.277 e. The van der Waals surface area contributed by atoms with Crippen LogP contribution in [-0.2, 0) is 0 Å². The third kappa shape index (κ3) is 3.49. The summed E-state index contributed by atoms with van der Waals surface area (Å²) >= 11 is 1.23. The zero-order valence-corrected chi connectivity index (χ0v) is 15.3. The van der Waals surface area contributed by atoms with E-state index in [4.69, 9.17) is 4.42 Å². The summed E-state index contributed by atoms with van der Waals surface area (Å²) in [6.45, 7) is 1.86. The van der Waals surface area contributed by atoms with E-state index < -0.39 is 4.92 Å². The molecule has 0 unspecified atom stereocenters. The number of nitro groups is 1. The van der Waals surface area contributed by atoms with Crippen LogP contribution in [0, 0.1) is 10.1 Å². The molecule has 0 bridgehead atoms. The summed E-state index contributed by atoms with van der Waals surface area (Å²) in [5, 5.41) is 19.4. The molecule has 0 amide bonds. The lowest BCUT2D eigenvalue weighted by Gasteiger charge is -2.08. The van der Waals surface area contributed by atoms with Crippen LogP contribution in [-0.4, -0.2) is 25.1 Å². The van der Waals surface area contributed by atoms with E-state index in [9.17, 15) is 14.9 Å². The number of non-ortho nitro benzene ring substituents is 1. The topological polar surface area (TPSA) is 128 Å². The minimum absolute atomic E-state index is 0.0591. The zero-order valence-electron chi connectivity index (χ0n) is 14.5. The molecule has 2 aromatic carbocycles. The van der Waals surface area contributed by atoms with E-state index in [0.717, 1.165) is 0 Å². The second-order valence-electron chi connectivity index (χ2n) is 5.91. The van der Waals surface area contributed by atoms with Gasteiger partial charge in [-0.3, -0.25) is 14.9 Å². The van der Waals surface area contributed by atoms with E-state index in [1.807, 2.05) is 13.0 Å². The maximum Gasteiger partial charge on any atom is 0.277 e. The summed E-state index contributed by atoms with van der Waals surface area (Å²) in [6, 6.07) is 13.1. The molecule has 0 fully saturated rings. The highest BCUT2D eigenvalue weighted by molar-refractivity contribution is 7.99. The molecule has 0 aliphatic carbocycles. The summed E-state index contributed by atoms with van der Waals surface area (Å²) < 4.78 is 5.61. The minimum Gasteiger partial charge on any atom is -0.411 e. The quantitative estimate of drug-likeness (QED) is 0.307. The molecule has 0 aliphatic heterocycles. The lowest BCUT2D eigenvalue weighted by molar-refractivity contribution is -0.384. The molecule has 140 valence electrons. The molecule has 10 heteroatoms. The van der Waals surface area contributed by atoms with Crippen molar-refractivity contribution in [3.8, 4) is 11.5 Å². The largest absolute Gasteiger partial charge is 0.411 e. The fraction of sp³-hybridized carbons (Fsp3) is 0.111. The summed E-state index contributed by atoms with van der Waals surface area (Å²) in [7, 11) is 0. The Hall–Kier alpha value is -3.53. The van der Waals surface area contributed by atoms with Gasteiger partial charge in [-0.15, -0.1) is 10.2 Å². The molecule has 2 aromatic heterocycles. The van der Waals surface area contributed by atoms with Crippen molar-refractivity contribution >= 4 is 28.4 Å². The number of aromatic nitrogens is 4. The maximum atomic E-state index is 12.2. The Balaban J connectivity index is 1.58. The van der Waals surface area contributed by atoms with Gasteiger partial charge < -0.3 is 9.40 Å². The van der Waals surface area contributed by atoms with Crippen molar-refractivity contribution in [3.63, 3.8) is 0 Å². The molecule has 0 spiro atoms. The standard InChI is InChI=1S/C18H13N5O4S/c1-10(15-19-14-8-3-2-7-13(14)16(24)20-15)28-18-22-21-17(27-18)11-5-4-6-12(9-11)23(25)26/h2-10H,1H3,(H,19,20,24)/t10-/m1/s1. The van der Waals surface area contributed by atoms with E-state index in [2.05, 4.69) is 20.2 Å². The number of nitrogens with zero attached hydrogens (tertiary/aromatic N) is 4. The number of fused-ring (bicyclic) bond motifs is 1. The average molecular weight is 395 g/mol. The Bertz CT molecular complexity index is 1240. The fourth-order valence-electron chi connectivity index (χ4n) is 2.63. The van der Waals surface area contributed by atoms with Crippen molar-refractivity contribution in [2.24, 2.45) is 0 Å². The Morgan fingerprint density at radius 1 is 1.18 bits per heavy atom. The van der Waals surface area contributed by atoms with Crippen molar-refractivity contribution in [1.82, 2.24) is 20.2 Å². The molecule has 0 radical (unpaired) electrons. The second kappa shape index (κ2) is 7.24. The monoisotopic (exact) mass is 395 g/mol. The van der Waals surface area contributed by atoms with Gasteiger partial charge in [-0.2, -0.15) is 0 Å². The van der Waals surface area contributed by atoms with Gasteiger partial charge >= 0.3 is 0 Å². The highest BCUT2D eigenvalue weighted by atomic mass is 32.2. The van der Waals surface area contributed by atoms with Crippen molar-refractivity contribution < 1.29 is 9.34 Å². The second-order valence-corrected chi connectivity index (χ2v) is 7.20. The van der Waals surface area contributed by atoms with Crippen molar-refractivity contribution in [2.75, 3.05) is 0 Å². The molecule has 1 N–H and O–H groups in total. The van der Waals surface area contributed by atoms with Gasteiger partial charge in [0.15, 0.2) is 0 Å². The zero-order chi connectivity index (χ0) is 19.7. The van der Waals surface area contributed by atoms with Gasteiger partial charge in [-0.25, -0.2) is 4.98 Å². The molecule has 2 heterocycles. The first-order chi connectivity index (χ1) is 13.5. The molecule has 28 heavy (non-hydrogen) atoms. The Morgan fingerprint density at radius 3 is 2.82 bits per heavy atom. The van der Waals surface area contributed by atoms with Crippen LogP contribution in [0.3, 0.4) is 0 Å². The van der Waals surface area contributed by atoms with Gasteiger partial charge in [-0.05, 0) is 25.1 Å². The van der Waals surface area contributed by atoms with E-state index in [1.165, 1.54) is 23.9 Å². The number of hydrogen-bond donors (Lipinski definition) is 1. The van der Waals surface area contributed by atoms with Crippen LogP contribution >= 0.6 is 11.8 Å². The highest BCUT2D eigenvalue weighted by Crippen LogP contribution is 2.34. The molecule has 4 rings (SSSR count). The lowest BCUT2D eigenvalue weighted by Crippen LogP contribution is -2.12. The first-order valence-electron chi connectivity index (χ1n) is 8.25. The van der Waals surface area contributed by atoms with Gasteiger partial charge in [0.25, 0.3) is 16.5 Å². The molecule has 1 atom stereocenters. The number of benzene rings is 2. The average Bonchev–Trinajstić information content (AvgIpc) is 3.16. The predicted octanol–water partition coefficient (Wildman–Crippen LogP) is 3.73. The fourth-order valence-corrected chi connectivity index (χ4v) is 3.37. The number of H-pyrrole nitrogens is 1. The van der Waals surface area contributed by atoms with Crippen LogP contribution in [0.2, 0.25) is 0 Å². The van der Waals surface area contributed by atoms with E-state index in [0.29, 0.717) is 22.3 Å². The number of aromatic amines is 1. The normalized spacial score (nSPS) is 12.2.